The van der Waals surface area contributed by atoms with Crippen LogP contribution >= 0.6 is 0 Å². The molecule has 0 heteroatoms. The van der Waals surface area contributed by atoms with Gasteiger partial charge in [0.05, 0.1) is 0 Å². The zero-order valence-electron chi connectivity index (χ0n) is 12.5. The van der Waals surface area contributed by atoms with Crippen LogP contribution in [0.3, 0.4) is 0 Å². The monoisotopic (exact) mass is 234 g/mol. The smallest absolute Gasteiger partial charge is 0.0398 e. The van der Waals surface area contributed by atoms with Gasteiger partial charge in [0.25, 0.3) is 0 Å². The summed E-state index contributed by atoms with van der Waals surface area (Å²) in [6, 6.07) is 6.56. The Morgan fingerprint density at radius 3 is 1.12 bits per heavy atom. The highest BCUT2D eigenvalue weighted by Gasteiger charge is 1.87. The lowest BCUT2D eigenvalue weighted by atomic mass is 10.1. The Balaban J connectivity index is 0.000000304. The molecule has 17 heavy (non-hydrogen) atoms. The molecule has 0 unspecified atom stereocenters. The van der Waals surface area contributed by atoms with E-state index >= 15 is 0 Å². The zero-order chi connectivity index (χ0) is 13.1. The fourth-order valence-corrected chi connectivity index (χ4v) is 2.06. The minimum atomic E-state index is 1.35. The first kappa shape index (κ1) is 16.2. The van der Waals surface area contributed by atoms with Crippen LogP contribution in [0, 0.1) is 20.8 Å². The average Bonchev–Trinajstić information content (AvgIpc) is 2.23. The first-order valence-corrected chi connectivity index (χ1v) is 7.15. The summed E-state index contributed by atoms with van der Waals surface area (Å²) >= 11 is 0. The van der Waals surface area contributed by atoms with Crippen molar-refractivity contribution in [2.24, 2.45) is 0 Å². The van der Waals surface area contributed by atoms with Gasteiger partial charge in [-0.1, -0.05) is 87.3 Å². The lowest BCUT2D eigenvalue weighted by molar-refractivity contribution is 0.624. The van der Waals surface area contributed by atoms with Gasteiger partial charge in [0.2, 0.25) is 0 Å². The SMILES string of the molecule is CCCCCCCC.Cc1cc(C)cc(C)c1. The Labute approximate surface area is 108 Å². The third kappa shape index (κ3) is 10.1. The van der Waals surface area contributed by atoms with Gasteiger partial charge in [0.15, 0.2) is 0 Å². The first-order chi connectivity index (χ1) is 8.10. The van der Waals surface area contributed by atoms with Crippen LogP contribution in [0.4, 0.5) is 0 Å². The average molecular weight is 234 g/mol. The molecule has 0 bridgehead atoms. The molecule has 0 amide bonds. The summed E-state index contributed by atoms with van der Waals surface area (Å²) in [5.74, 6) is 0. The van der Waals surface area contributed by atoms with Crippen molar-refractivity contribution in [2.45, 2.75) is 73.1 Å². The minimum absolute atomic E-state index is 1.35. The van der Waals surface area contributed by atoms with Gasteiger partial charge in [-0.05, 0) is 20.8 Å². The van der Waals surface area contributed by atoms with Crippen LogP contribution in [-0.2, 0) is 0 Å². The number of benzene rings is 1. The molecule has 0 aliphatic heterocycles. The summed E-state index contributed by atoms with van der Waals surface area (Å²) in [4.78, 5) is 0. The third-order valence-electron chi connectivity index (χ3n) is 2.82. The fraction of sp³-hybridized carbons (Fsp3) is 0.647. The molecule has 1 aromatic carbocycles. The Kier molecular flexibility index (Phi) is 9.90. The van der Waals surface area contributed by atoms with Crippen LogP contribution in [0.5, 0.6) is 0 Å². The molecule has 1 rings (SSSR count). The topological polar surface area (TPSA) is 0 Å². The largest absolute Gasteiger partial charge is 0.0654 e. The third-order valence-corrected chi connectivity index (χ3v) is 2.82. The van der Waals surface area contributed by atoms with Crippen LogP contribution < -0.4 is 0 Å². The zero-order valence-corrected chi connectivity index (χ0v) is 12.5. The first-order valence-electron chi connectivity index (χ1n) is 7.15. The molecule has 0 heterocycles. The van der Waals surface area contributed by atoms with Gasteiger partial charge in [-0.2, -0.15) is 0 Å². The van der Waals surface area contributed by atoms with Crippen molar-refractivity contribution in [2.75, 3.05) is 0 Å². The van der Waals surface area contributed by atoms with Crippen molar-refractivity contribution in [3.8, 4) is 0 Å². The second-order valence-corrected chi connectivity index (χ2v) is 5.08. The second-order valence-electron chi connectivity index (χ2n) is 5.08. The van der Waals surface area contributed by atoms with Crippen molar-refractivity contribution in [1.29, 1.82) is 0 Å². The van der Waals surface area contributed by atoms with Gasteiger partial charge in [0.1, 0.15) is 0 Å². The van der Waals surface area contributed by atoms with E-state index in [1.807, 2.05) is 0 Å². The molecule has 0 aliphatic rings. The molecule has 0 fully saturated rings. The summed E-state index contributed by atoms with van der Waals surface area (Å²) in [7, 11) is 0. The molecule has 1 aromatic rings. The molecule has 0 spiro atoms. The van der Waals surface area contributed by atoms with Crippen LogP contribution in [0.25, 0.3) is 0 Å². The molecule has 0 nitrogen and oxygen atoms in total. The van der Waals surface area contributed by atoms with Gasteiger partial charge in [-0.15, -0.1) is 0 Å². The normalized spacial score (nSPS) is 9.71. The van der Waals surface area contributed by atoms with E-state index in [0.29, 0.717) is 0 Å². The van der Waals surface area contributed by atoms with Crippen molar-refractivity contribution >= 4 is 0 Å². The lowest BCUT2D eigenvalue weighted by Gasteiger charge is -1.96. The number of rotatable bonds is 5. The highest BCUT2D eigenvalue weighted by atomic mass is 13.9. The standard InChI is InChI=1S/C9H12.C8H18/c1-7-4-8(2)6-9(3)5-7;1-3-5-7-8-6-4-2/h4-6H,1-3H3;3-8H2,1-2H3. The number of hydrogen-bond acceptors (Lipinski definition) is 0. The van der Waals surface area contributed by atoms with E-state index in [1.165, 1.54) is 55.2 Å². The van der Waals surface area contributed by atoms with E-state index < -0.39 is 0 Å². The molecule has 0 aliphatic carbocycles. The minimum Gasteiger partial charge on any atom is -0.0654 e. The molecule has 0 saturated carbocycles. The summed E-state index contributed by atoms with van der Waals surface area (Å²) in [5.41, 5.74) is 4.06. The van der Waals surface area contributed by atoms with E-state index in [4.69, 9.17) is 0 Å². The van der Waals surface area contributed by atoms with Crippen molar-refractivity contribution in [3.63, 3.8) is 0 Å². The maximum Gasteiger partial charge on any atom is -0.0398 e. The van der Waals surface area contributed by atoms with Crippen LogP contribution in [0.2, 0.25) is 0 Å². The van der Waals surface area contributed by atoms with Crippen LogP contribution in [0.1, 0.15) is 69.1 Å². The van der Waals surface area contributed by atoms with Crippen LogP contribution in [-0.4, -0.2) is 0 Å². The molecule has 0 N–H and O–H groups in total. The molecular weight excluding hydrogens is 204 g/mol. The summed E-state index contributed by atoms with van der Waals surface area (Å²) < 4.78 is 0. The second kappa shape index (κ2) is 10.4. The predicted octanol–water partition coefficient (Wildman–Crippen LogP) is 5.98. The summed E-state index contributed by atoms with van der Waals surface area (Å²) in [6.45, 7) is 10.9. The molecule has 0 atom stereocenters. The van der Waals surface area contributed by atoms with Gasteiger partial charge in [0, 0.05) is 0 Å². The quantitative estimate of drug-likeness (QED) is 0.550. The maximum absolute atomic E-state index is 2.26. The number of aryl methyl sites for hydroxylation is 3. The molecule has 0 aromatic heterocycles. The van der Waals surface area contributed by atoms with E-state index in [0.717, 1.165) is 0 Å². The lowest BCUT2D eigenvalue weighted by Crippen LogP contribution is -1.78. The van der Waals surface area contributed by atoms with Gasteiger partial charge in [-0.25, -0.2) is 0 Å². The molecule has 0 radical (unpaired) electrons. The van der Waals surface area contributed by atoms with Gasteiger partial charge >= 0.3 is 0 Å². The van der Waals surface area contributed by atoms with Crippen molar-refractivity contribution in [1.82, 2.24) is 0 Å². The van der Waals surface area contributed by atoms with Crippen molar-refractivity contribution < 1.29 is 0 Å². The maximum atomic E-state index is 2.26. The summed E-state index contributed by atoms with van der Waals surface area (Å²) in [6.07, 6.45) is 8.49. The molecule has 0 saturated heterocycles. The Bertz CT molecular complexity index is 230. The van der Waals surface area contributed by atoms with Gasteiger partial charge in [-0.3, -0.25) is 0 Å². The molecule has 98 valence electrons. The number of hydrogen-bond donors (Lipinski definition) is 0. The Hall–Kier alpha value is -0.780. The predicted molar refractivity (Wildman–Crippen MR) is 79.7 cm³/mol. The fourth-order valence-electron chi connectivity index (χ4n) is 2.06. The molecular formula is C17H30. The highest BCUT2D eigenvalue weighted by molar-refractivity contribution is 5.27. The van der Waals surface area contributed by atoms with E-state index in [9.17, 15) is 0 Å². The van der Waals surface area contributed by atoms with Crippen molar-refractivity contribution in [3.05, 3.63) is 34.9 Å². The van der Waals surface area contributed by atoms with E-state index in [2.05, 4.69) is 52.8 Å². The Morgan fingerprint density at radius 1 is 0.588 bits per heavy atom. The number of unbranched alkanes of at least 4 members (excludes halogenated alkanes) is 5. The van der Waals surface area contributed by atoms with Gasteiger partial charge < -0.3 is 0 Å². The van der Waals surface area contributed by atoms with E-state index in [1.54, 1.807) is 0 Å². The summed E-state index contributed by atoms with van der Waals surface area (Å²) in [5, 5.41) is 0. The Morgan fingerprint density at radius 2 is 0.882 bits per heavy atom. The van der Waals surface area contributed by atoms with E-state index in [-0.39, 0.29) is 0 Å². The highest BCUT2D eigenvalue weighted by Crippen LogP contribution is 2.06. The van der Waals surface area contributed by atoms with Crippen LogP contribution in [0.15, 0.2) is 18.2 Å².